The summed E-state index contributed by atoms with van der Waals surface area (Å²) in [5, 5.41) is 3.08. The summed E-state index contributed by atoms with van der Waals surface area (Å²) in [6, 6.07) is 2.69. The van der Waals surface area contributed by atoms with Gasteiger partial charge in [-0.25, -0.2) is 4.39 Å². The standard InChI is InChI=1S/C12H14FNO4S/c13-9-1-2-11(19(16,17)18)10(7-9)12(15)8-3-5-14-6-4-8/h1-2,7-8,14H,3-6H2,(H,16,17,18). The summed E-state index contributed by atoms with van der Waals surface area (Å²) >= 11 is 0. The molecular weight excluding hydrogens is 273 g/mol. The van der Waals surface area contributed by atoms with Crippen LogP contribution in [0.2, 0.25) is 0 Å². The Bertz CT molecular complexity index is 594. The number of halogens is 1. The number of piperidine rings is 1. The molecule has 19 heavy (non-hydrogen) atoms. The number of Topliss-reactive ketones (excluding diaryl/α,β-unsaturated/α-hetero) is 1. The van der Waals surface area contributed by atoms with Crippen LogP contribution in [0.4, 0.5) is 4.39 Å². The molecule has 0 atom stereocenters. The molecule has 7 heteroatoms. The summed E-state index contributed by atoms with van der Waals surface area (Å²) in [5.41, 5.74) is -0.269. The van der Waals surface area contributed by atoms with E-state index in [2.05, 4.69) is 5.32 Å². The molecule has 0 bridgehead atoms. The molecular formula is C12H14FNO4S. The summed E-state index contributed by atoms with van der Waals surface area (Å²) in [6.07, 6.45) is 1.14. The Morgan fingerprint density at radius 2 is 1.95 bits per heavy atom. The molecule has 0 radical (unpaired) electrons. The average Bonchev–Trinajstić information content (AvgIpc) is 2.37. The van der Waals surface area contributed by atoms with Crippen molar-refractivity contribution < 1.29 is 22.2 Å². The van der Waals surface area contributed by atoms with E-state index in [1.165, 1.54) is 0 Å². The maximum Gasteiger partial charge on any atom is 0.295 e. The maximum atomic E-state index is 13.2. The van der Waals surface area contributed by atoms with Gasteiger partial charge < -0.3 is 5.32 Å². The second-order valence-corrected chi connectivity index (χ2v) is 5.89. The zero-order chi connectivity index (χ0) is 14.0. The van der Waals surface area contributed by atoms with Crippen LogP contribution in [-0.2, 0) is 10.1 Å². The van der Waals surface area contributed by atoms with Gasteiger partial charge in [-0.3, -0.25) is 9.35 Å². The van der Waals surface area contributed by atoms with Gasteiger partial charge in [0.25, 0.3) is 10.1 Å². The fourth-order valence-electron chi connectivity index (χ4n) is 2.22. The van der Waals surface area contributed by atoms with Gasteiger partial charge in [0.2, 0.25) is 0 Å². The Morgan fingerprint density at radius 1 is 1.32 bits per heavy atom. The highest BCUT2D eigenvalue weighted by Crippen LogP contribution is 2.24. The van der Waals surface area contributed by atoms with Crippen LogP contribution in [0, 0.1) is 11.7 Å². The first-order chi connectivity index (χ1) is 8.89. The van der Waals surface area contributed by atoms with E-state index in [4.69, 9.17) is 4.55 Å². The van der Waals surface area contributed by atoms with Crippen LogP contribution < -0.4 is 5.32 Å². The molecule has 1 aliphatic rings. The number of hydrogen-bond acceptors (Lipinski definition) is 4. The molecule has 2 rings (SSSR count). The van der Waals surface area contributed by atoms with Gasteiger partial charge in [-0.15, -0.1) is 0 Å². The van der Waals surface area contributed by atoms with Gasteiger partial charge >= 0.3 is 0 Å². The minimum atomic E-state index is -4.54. The van der Waals surface area contributed by atoms with Gasteiger partial charge in [-0.05, 0) is 44.1 Å². The number of nitrogens with one attached hydrogen (secondary N) is 1. The summed E-state index contributed by atoms with van der Waals surface area (Å²) in [4.78, 5) is 11.7. The predicted molar refractivity (Wildman–Crippen MR) is 66.1 cm³/mol. The smallest absolute Gasteiger partial charge is 0.295 e. The Labute approximate surface area is 110 Å². The third-order valence-corrected chi connectivity index (χ3v) is 4.11. The fraction of sp³-hybridized carbons (Fsp3) is 0.417. The number of rotatable bonds is 3. The largest absolute Gasteiger partial charge is 0.317 e. The van der Waals surface area contributed by atoms with Crippen molar-refractivity contribution in [2.75, 3.05) is 13.1 Å². The average molecular weight is 287 g/mol. The third kappa shape index (κ3) is 3.17. The molecule has 0 spiro atoms. The lowest BCUT2D eigenvalue weighted by molar-refractivity contribution is 0.0891. The lowest BCUT2D eigenvalue weighted by Crippen LogP contribution is -2.32. The molecule has 1 heterocycles. The van der Waals surface area contributed by atoms with Crippen molar-refractivity contribution in [3.8, 4) is 0 Å². The van der Waals surface area contributed by atoms with Gasteiger partial charge in [0, 0.05) is 11.5 Å². The quantitative estimate of drug-likeness (QED) is 0.646. The van der Waals surface area contributed by atoms with E-state index in [0.29, 0.717) is 25.9 Å². The van der Waals surface area contributed by atoms with Gasteiger partial charge in [-0.2, -0.15) is 8.42 Å². The van der Waals surface area contributed by atoms with Crippen molar-refractivity contribution in [1.29, 1.82) is 0 Å². The Morgan fingerprint density at radius 3 is 2.53 bits per heavy atom. The Kier molecular flexibility index (Phi) is 3.98. The van der Waals surface area contributed by atoms with Crippen LogP contribution in [0.5, 0.6) is 0 Å². The van der Waals surface area contributed by atoms with Gasteiger partial charge in [0.15, 0.2) is 5.78 Å². The number of ketones is 1. The molecule has 1 aromatic rings. The summed E-state index contributed by atoms with van der Waals surface area (Å²) in [6.45, 7) is 1.32. The van der Waals surface area contributed by atoms with E-state index in [9.17, 15) is 17.6 Å². The lowest BCUT2D eigenvalue weighted by atomic mass is 9.89. The molecule has 0 unspecified atom stereocenters. The van der Waals surface area contributed by atoms with Crippen molar-refractivity contribution in [3.63, 3.8) is 0 Å². The maximum absolute atomic E-state index is 13.2. The van der Waals surface area contributed by atoms with Crippen LogP contribution in [0.1, 0.15) is 23.2 Å². The molecule has 0 amide bonds. The fourth-order valence-corrected chi connectivity index (χ4v) is 2.90. The molecule has 104 valence electrons. The molecule has 5 nitrogen and oxygen atoms in total. The normalized spacial score (nSPS) is 17.4. The highest BCUT2D eigenvalue weighted by Gasteiger charge is 2.27. The first-order valence-electron chi connectivity index (χ1n) is 5.91. The van der Waals surface area contributed by atoms with E-state index in [1.807, 2.05) is 0 Å². The van der Waals surface area contributed by atoms with Gasteiger partial charge in [0.1, 0.15) is 10.7 Å². The highest BCUT2D eigenvalue weighted by molar-refractivity contribution is 7.86. The molecule has 0 aromatic heterocycles. The zero-order valence-electron chi connectivity index (χ0n) is 10.1. The van der Waals surface area contributed by atoms with Crippen molar-refractivity contribution in [2.45, 2.75) is 17.7 Å². The molecule has 1 fully saturated rings. The molecule has 1 saturated heterocycles. The van der Waals surface area contributed by atoms with Gasteiger partial charge in [-0.1, -0.05) is 0 Å². The van der Waals surface area contributed by atoms with Crippen molar-refractivity contribution in [3.05, 3.63) is 29.6 Å². The molecule has 0 saturated carbocycles. The number of benzene rings is 1. The lowest BCUT2D eigenvalue weighted by Gasteiger charge is -2.22. The number of carbonyl (C=O) groups excluding carboxylic acids is 1. The minimum absolute atomic E-state index is 0.269. The van der Waals surface area contributed by atoms with Crippen LogP contribution in [-0.4, -0.2) is 31.8 Å². The monoisotopic (exact) mass is 287 g/mol. The minimum Gasteiger partial charge on any atom is -0.317 e. The molecule has 1 aromatic carbocycles. The predicted octanol–water partition coefficient (Wildman–Crippen LogP) is 1.25. The second kappa shape index (κ2) is 5.36. The van der Waals surface area contributed by atoms with Crippen LogP contribution in [0.25, 0.3) is 0 Å². The van der Waals surface area contributed by atoms with E-state index < -0.39 is 26.6 Å². The van der Waals surface area contributed by atoms with Crippen molar-refractivity contribution in [1.82, 2.24) is 5.32 Å². The van der Waals surface area contributed by atoms with Gasteiger partial charge in [0.05, 0.1) is 0 Å². The second-order valence-electron chi connectivity index (χ2n) is 4.50. The number of carbonyl (C=O) groups is 1. The van der Waals surface area contributed by atoms with Crippen LogP contribution in [0.15, 0.2) is 23.1 Å². The SMILES string of the molecule is O=C(c1cc(F)ccc1S(=O)(=O)O)C1CCNCC1. The Hall–Kier alpha value is -1.31. The van der Waals surface area contributed by atoms with E-state index in [0.717, 1.165) is 18.2 Å². The van der Waals surface area contributed by atoms with Crippen LogP contribution >= 0.6 is 0 Å². The zero-order valence-corrected chi connectivity index (χ0v) is 10.9. The van der Waals surface area contributed by atoms with E-state index in [-0.39, 0.29) is 11.5 Å². The van der Waals surface area contributed by atoms with E-state index in [1.54, 1.807) is 0 Å². The topological polar surface area (TPSA) is 83.5 Å². The first-order valence-corrected chi connectivity index (χ1v) is 7.35. The highest BCUT2D eigenvalue weighted by atomic mass is 32.2. The summed E-state index contributed by atoms with van der Waals surface area (Å²) in [7, 11) is -4.54. The van der Waals surface area contributed by atoms with Crippen molar-refractivity contribution in [2.24, 2.45) is 5.92 Å². The van der Waals surface area contributed by atoms with Crippen LogP contribution in [0.3, 0.4) is 0 Å². The van der Waals surface area contributed by atoms with E-state index >= 15 is 0 Å². The Balaban J connectivity index is 2.42. The first kappa shape index (κ1) is 14.1. The summed E-state index contributed by atoms with van der Waals surface area (Å²) < 4.78 is 44.8. The summed E-state index contributed by atoms with van der Waals surface area (Å²) in [5.74, 6) is -1.48. The number of hydrogen-bond donors (Lipinski definition) is 2. The molecule has 0 aliphatic carbocycles. The third-order valence-electron chi connectivity index (χ3n) is 3.19. The molecule has 2 N–H and O–H groups in total. The molecule has 1 aliphatic heterocycles. The van der Waals surface area contributed by atoms with Crippen molar-refractivity contribution >= 4 is 15.9 Å².